The summed E-state index contributed by atoms with van der Waals surface area (Å²) in [5.74, 6) is -0.457. The first-order chi connectivity index (χ1) is 26.6. The molecule has 0 aromatic carbocycles. The molecule has 2 aliphatic heterocycles. The maximum absolute atomic E-state index is 15.3. The molecule has 0 bridgehead atoms. The van der Waals surface area contributed by atoms with Crippen molar-refractivity contribution in [2.45, 2.75) is 171 Å². The summed E-state index contributed by atoms with van der Waals surface area (Å²) >= 11 is 0. The smallest absolute Gasteiger partial charge is 0.309 e. The topological polar surface area (TPSA) is 104 Å². The molecule has 6 aliphatic carbocycles. The molecular formula is C48H73FN2O6. The van der Waals surface area contributed by atoms with Gasteiger partial charge in [0.2, 0.25) is 5.91 Å². The van der Waals surface area contributed by atoms with Crippen LogP contribution in [0, 0.1) is 68.0 Å². The number of carboxylic acid groups (broad SMARTS) is 1. The van der Waals surface area contributed by atoms with Crippen LogP contribution in [0.1, 0.15) is 152 Å². The van der Waals surface area contributed by atoms with Crippen LogP contribution in [0.25, 0.3) is 0 Å². The van der Waals surface area contributed by atoms with Gasteiger partial charge in [0.1, 0.15) is 12.3 Å². The number of likely N-dealkylation sites (tertiary alicyclic amines) is 2. The molecule has 0 aromatic heterocycles. The van der Waals surface area contributed by atoms with Gasteiger partial charge in [-0.25, -0.2) is 4.39 Å². The molecule has 2 heterocycles. The number of allylic oxidation sites excluding steroid dienone is 1. The molecule has 2 saturated heterocycles. The van der Waals surface area contributed by atoms with Crippen molar-refractivity contribution < 1.29 is 33.4 Å². The second-order valence-corrected chi connectivity index (χ2v) is 22.8. The number of carbonyl (C=O) groups excluding carboxylic acids is 3. The van der Waals surface area contributed by atoms with Crippen LogP contribution in [0.15, 0.2) is 11.1 Å². The van der Waals surface area contributed by atoms with Crippen LogP contribution in [0.3, 0.4) is 0 Å². The number of esters is 1. The SMILES string of the molecule is CC(C)C1=C2[C@H]3CC[C@@H]4[C@@]5(C)CC[C@H](OC(=O)[C@H]6C[C@@H](C(=O)O)C6(C)C)C(C)(C)[C@@H]5CC[C@@]4(C)[C@]3(C)CC[C@@]2(C(=O)N2CCC[C@H]2CN2CCC(F)CC2)CC1=O. The molecule has 8 rings (SSSR count). The van der Waals surface area contributed by atoms with E-state index in [1.165, 1.54) is 5.57 Å². The maximum atomic E-state index is 15.3. The van der Waals surface area contributed by atoms with E-state index in [1.54, 1.807) is 0 Å². The lowest BCUT2D eigenvalue weighted by molar-refractivity contribution is -0.236. The van der Waals surface area contributed by atoms with Crippen molar-refractivity contribution in [1.29, 1.82) is 0 Å². The minimum atomic E-state index is -0.833. The van der Waals surface area contributed by atoms with E-state index in [9.17, 15) is 23.9 Å². The Morgan fingerprint density at radius 1 is 0.807 bits per heavy atom. The van der Waals surface area contributed by atoms with Crippen molar-refractivity contribution in [3.05, 3.63) is 11.1 Å². The molecule has 5 saturated carbocycles. The molecular weight excluding hydrogens is 720 g/mol. The lowest BCUT2D eigenvalue weighted by Gasteiger charge is -2.72. The summed E-state index contributed by atoms with van der Waals surface area (Å²) < 4.78 is 20.5. The number of amides is 1. The van der Waals surface area contributed by atoms with Gasteiger partial charge in [-0.3, -0.25) is 19.2 Å². The summed E-state index contributed by atoms with van der Waals surface area (Å²) in [7, 11) is 0. The van der Waals surface area contributed by atoms with E-state index in [2.05, 4.69) is 58.3 Å². The first kappa shape index (κ1) is 41.4. The zero-order valence-electron chi connectivity index (χ0n) is 36.7. The number of rotatable bonds is 7. The predicted molar refractivity (Wildman–Crippen MR) is 218 cm³/mol. The number of halogens is 1. The van der Waals surface area contributed by atoms with E-state index in [0.29, 0.717) is 37.5 Å². The first-order valence-corrected chi connectivity index (χ1v) is 23.0. The third-order valence-corrected chi connectivity index (χ3v) is 19.5. The summed E-state index contributed by atoms with van der Waals surface area (Å²) in [5.41, 5.74) is 0.613. The Morgan fingerprint density at radius 2 is 1.51 bits per heavy atom. The van der Waals surface area contributed by atoms with Gasteiger partial charge in [0, 0.05) is 44.1 Å². The van der Waals surface area contributed by atoms with E-state index in [-0.39, 0.29) is 69.2 Å². The number of carbonyl (C=O) groups is 4. The van der Waals surface area contributed by atoms with Gasteiger partial charge in [-0.2, -0.15) is 0 Å². The average molecular weight is 793 g/mol. The summed E-state index contributed by atoms with van der Waals surface area (Å²) in [6, 6.07) is 0.124. The minimum absolute atomic E-state index is 0.0250. The van der Waals surface area contributed by atoms with E-state index in [0.717, 1.165) is 96.0 Å². The number of aliphatic carboxylic acids is 1. The maximum Gasteiger partial charge on any atom is 0.309 e. The fraction of sp³-hybridized carbons (Fsp3) is 0.875. The van der Waals surface area contributed by atoms with Gasteiger partial charge in [-0.05, 0) is 140 Å². The third kappa shape index (κ3) is 5.92. The molecule has 1 amide bonds. The number of carboxylic acids is 1. The highest BCUT2D eigenvalue weighted by atomic mass is 19.1. The van der Waals surface area contributed by atoms with E-state index < -0.39 is 28.9 Å². The van der Waals surface area contributed by atoms with Gasteiger partial charge < -0.3 is 19.6 Å². The number of piperidine rings is 1. The van der Waals surface area contributed by atoms with Gasteiger partial charge in [0.05, 0.1) is 17.3 Å². The standard InChI is InChI=1S/C48H73FN2O6/c1-28(2)38-34(52)26-48(42(56)51-22-10-11-30(51)27-50-23-16-29(49)17-24-50)21-20-46(8)31(39(38)48)12-13-36-45(7)18-15-37(44(5,6)35(45)14-19-47(36,46)9)57-41(55)33-25-32(40(53)54)43(33,3)4/h28-33,35-37H,10-27H2,1-9H3,(H,53,54)/t30-,31+,32-,33+,35-,36+,37-,45-,46+,47+,48+/m0/s1. The highest BCUT2D eigenvalue weighted by Crippen LogP contribution is 2.77. The largest absolute Gasteiger partial charge is 0.481 e. The Hall–Kier alpha value is -2.29. The highest BCUT2D eigenvalue weighted by molar-refractivity contribution is 6.07. The van der Waals surface area contributed by atoms with Crippen LogP contribution < -0.4 is 0 Å². The summed E-state index contributed by atoms with van der Waals surface area (Å²) in [5, 5.41) is 9.68. The van der Waals surface area contributed by atoms with Crippen LogP contribution in [0.4, 0.5) is 4.39 Å². The number of Topliss-reactive ketones (excluding diaryl/α,β-unsaturated/α-hetero) is 1. The fourth-order valence-electron chi connectivity index (χ4n) is 16.0. The number of alkyl halides is 1. The molecule has 9 heteroatoms. The monoisotopic (exact) mass is 793 g/mol. The number of ketones is 1. The van der Waals surface area contributed by atoms with Crippen molar-refractivity contribution in [2.75, 3.05) is 26.2 Å². The zero-order valence-corrected chi connectivity index (χ0v) is 36.7. The number of nitrogens with zero attached hydrogens (tertiary/aromatic N) is 2. The van der Waals surface area contributed by atoms with Crippen LogP contribution in [-0.4, -0.2) is 83.0 Å². The number of fused-ring (bicyclic) bond motifs is 7. The lowest BCUT2D eigenvalue weighted by Crippen LogP contribution is -2.66. The molecule has 0 aromatic rings. The Bertz CT molecular complexity index is 1710. The minimum Gasteiger partial charge on any atom is -0.481 e. The van der Waals surface area contributed by atoms with Crippen LogP contribution >= 0.6 is 0 Å². The van der Waals surface area contributed by atoms with Crippen LogP contribution in [-0.2, 0) is 23.9 Å². The van der Waals surface area contributed by atoms with Crippen molar-refractivity contribution >= 4 is 23.6 Å². The third-order valence-electron chi connectivity index (χ3n) is 19.5. The van der Waals surface area contributed by atoms with Crippen LogP contribution in [0.5, 0.6) is 0 Å². The number of hydrogen-bond donors (Lipinski definition) is 1. The average Bonchev–Trinajstić information content (AvgIpc) is 3.71. The fourth-order valence-corrected chi connectivity index (χ4v) is 16.0. The molecule has 8 nitrogen and oxygen atoms in total. The summed E-state index contributed by atoms with van der Waals surface area (Å²) in [6.07, 6.45) is 10.5. The summed E-state index contributed by atoms with van der Waals surface area (Å²) in [4.78, 5) is 59.6. The van der Waals surface area contributed by atoms with Gasteiger partial charge in [-0.15, -0.1) is 0 Å². The van der Waals surface area contributed by atoms with Crippen molar-refractivity contribution in [3.63, 3.8) is 0 Å². The molecule has 0 spiro atoms. The molecule has 11 atom stereocenters. The van der Waals surface area contributed by atoms with Crippen molar-refractivity contribution in [3.8, 4) is 0 Å². The second kappa shape index (κ2) is 13.9. The van der Waals surface area contributed by atoms with Gasteiger partial charge in [0.25, 0.3) is 0 Å². The van der Waals surface area contributed by atoms with E-state index >= 15 is 4.79 Å². The van der Waals surface area contributed by atoms with E-state index in [1.807, 2.05) is 13.8 Å². The molecule has 318 valence electrons. The number of ether oxygens (including phenoxy) is 1. The number of hydrogen-bond acceptors (Lipinski definition) is 6. The van der Waals surface area contributed by atoms with Gasteiger partial charge in [-0.1, -0.05) is 62.3 Å². The zero-order chi connectivity index (χ0) is 41.2. The van der Waals surface area contributed by atoms with Crippen molar-refractivity contribution in [2.24, 2.45) is 68.0 Å². The van der Waals surface area contributed by atoms with Gasteiger partial charge >= 0.3 is 11.9 Å². The lowest BCUT2D eigenvalue weighted by atomic mass is 9.33. The molecule has 8 aliphatic rings. The molecule has 1 N–H and O–H groups in total. The van der Waals surface area contributed by atoms with Crippen molar-refractivity contribution in [1.82, 2.24) is 9.80 Å². The van der Waals surface area contributed by atoms with E-state index in [4.69, 9.17) is 4.74 Å². The predicted octanol–water partition coefficient (Wildman–Crippen LogP) is 9.05. The van der Waals surface area contributed by atoms with Crippen LogP contribution in [0.2, 0.25) is 0 Å². The Morgan fingerprint density at radius 3 is 2.16 bits per heavy atom. The normalized spacial score (nSPS) is 44.2. The quantitative estimate of drug-likeness (QED) is 0.257. The summed E-state index contributed by atoms with van der Waals surface area (Å²) in [6.45, 7) is 23.4. The molecule has 0 unspecified atom stereocenters. The highest BCUT2D eigenvalue weighted by Gasteiger charge is 2.71. The molecule has 57 heavy (non-hydrogen) atoms. The molecule has 7 fully saturated rings. The Balaban J connectivity index is 1.05. The Kier molecular flexibility index (Phi) is 10.1. The first-order valence-electron chi connectivity index (χ1n) is 23.0. The Labute approximate surface area is 341 Å². The van der Waals surface area contributed by atoms with Gasteiger partial charge in [0.15, 0.2) is 5.78 Å². The molecule has 0 radical (unpaired) electrons. The second-order valence-electron chi connectivity index (χ2n) is 22.8.